The molecule has 1 aliphatic rings. The molecule has 1 heterocycles. The number of fused-ring (bicyclic) bond motifs is 2. The number of imidazole rings is 1. The number of H-pyrrole nitrogens is 1. The summed E-state index contributed by atoms with van der Waals surface area (Å²) in [6.45, 7) is 0.188. The summed E-state index contributed by atoms with van der Waals surface area (Å²) in [5.74, 6) is 0. The van der Waals surface area contributed by atoms with E-state index in [2.05, 4.69) is 27.4 Å². The highest BCUT2D eigenvalue weighted by molar-refractivity contribution is 5.85. The van der Waals surface area contributed by atoms with E-state index in [4.69, 9.17) is 0 Å². The average Bonchev–Trinajstić information content (AvgIpc) is 3.37. The van der Waals surface area contributed by atoms with E-state index in [-0.39, 0.29) is 43.0 Å². The van der Waals surface area contributed by atoms with Gasteiger partial charge in [0.05, 0.1) is 22.9 Å². The molecule has 8 heteroatoms. The number of aromatic nitrogens is 2. The molecule has 3 aromatic carbocycles. The lowest BCUT2D eigenvalue weighted by Crippen LogP contribution is -2.30. The predicted molar refractivity (Wildman–Crippen MR) is 126 cm³/mol. The van der Waals surface area contributed by atoms with Crippen LogP contribution in [0, 0.1) is 0 Å². The predicted octanol–water partition coefficient (Wildman–Crippen LogP) is 6.35. The zero-order valence-corrected chi connectivity index (χ0v) is 18.6. The van der Waals surface area contributed by atoms with Crippen molar-refractivity contribution in [3.05, 3.63) is 89.2 Å². The fraction of sp³-hybridized carbons (Fsp3) is 0.208. The molecule has 0 bridgehead atoms. The normalized spacial score (nSPS) is 13.5. The summed E-state index contributed by atoms with van der Waals surface area (Å²) in [5.41, 5.74) is 5.07. The summed E-state index contributed by atoms with van der Waals surface area (Å²) in [5, 5.41) is 3.32. The van der Waals surface area contributed by atoms with Gasteiger partial charge < -0.3 is 10.3 Å². The summed E-state index contributed by atoms with van der Waals surface area (Å²) in [4.78, 5) is 7.16. The van der Waals surface area contributed by atoms with Crippen LogP contribution in [0.3, 0.4) is 0 Å². The van der Waals surface area contributed by atoms with Crippen molar-refractivity contribution in [3.8, 4) is 11.1 Å². The van der Waals surface area contributed by atoms with Crippen molar-refractivity contribution in [3.63, 3.8) is 0 Å². The van der Waals surface area contributed by atoms with Crippen LogP contribution in [0.25, 0.3) is 22.2 Å². The van der Waals surface area contributed by atoms with Crippen molar-refractivity contribution in [2.75, 3.05) is 0 Å². The van der Waals surface area contributed by atoms with Crippen LogP contribution >= 0.6 is 24.8 Å². The van der Waals surface area contributed by atoms with Crippen molar-refractivity contribution < 1.29 is 13.2 Å². The Kier molecular flexibility index (Phi) is 7.18. The van der Waals surface area contributed by atoms with E-state index >= 15 is 0 Å². The highest BCUT2D eigenvalue weighted by atomic mass is 35.5. The van der Waals surface area contributed by atoms with Gasteiger partial charge in [-0.1, -0.05) is 42.5 Å². The van der Waals surface area contributed by atoms with Crippen molar-refractivity contribution in [1.29, 1.82) is 0 Å². The second kappa shape index (κ2) is 9.53. The minimum atomic E-state index is -4.41. The van der Waals surface area contributed by atoms with Gasteiger partial charge in [0.2, 0.25) is 0 Å². The van der Waals surface area contributed by atoms with Crippen LogP contribution in [0.15, 0.2) is 67.0 Å². The van der Waals surface area contributed by atoms with Crippen LogP contribution in [-0.4, -0.2) is 16.0 Å². The van der Waals surface area contributed by atoms with Gasteiger partial charge in [0.15, 0.2) is 0 Å². The van der Waals surface area contributed by atoms with Crippen LogP contribution in [0.5, 0.6) is 0 Å². The van der Waals surface area contributed by atoms with Crippen molar-refractivity contribution in [1.82, 2.24) is 15.3 Å². The number of nitrogens with one attached hydrogen (secondary N) is 2. The molecule has 0 saturated heterocycles. The van der Waals surface area contributed by atoms with Crippen LogP contribution in [0.1, 0.15) is 22.3 Å². The second-order valence-electron chi connectivity index (χ2n) is 7.76. The molecule has 0 aliphatic heterocycles. The maximum atomic E-state index is 13.8. The summed E-state index contributed by atoms with van der Waals surface area (Å²) < 4.78 is 41.5. The molecule has 3 nitrogen and oxygen atoms in total. The van der Waals surface area contributed by atoms with E-state index in [1.807, 2.05) is 24.3 Å². The number of aromatic amines is 1. The molecule has 4 aromatic rings. The minimum Gasteiger partial charge on any atom is -0.345 e. The Morgan fingerprint density at radius 1 is 0.906 bits per heavy atom. The molecule has 0 atom stereocenters. The third kappa shape index (κ3) is 4.77. The van der Waals surface area contributed by atoms with Gasteiger partial charge in [-0.2, -0.15) is 13.2 Å². The van der Waals surface area contributed by atoms with E-state index in [0.29, 0.717) is 5.56 Å². The SMILES string of the molecule is Cl.Cl.FC(F)(F)c1cc(-c2ccc3nc[nH]c3c2)ccc1CNC1Cc2ccccc2C1. The lowest BCUT2D eigenvalue weighted by atomic mass is 9.98. The second-order valence-corrected chi connectivity index (χ2v) is 7.76. The lowest BCUT2D eigenvalue weighted by molar-refractivity contribution is -0.138. The van der Waals surface area contributed by atoms with Crippen LogP contribution in [0.4, 0.5) is 13.2 Å². The molecule has 1 aliphatic carbocycles. The summed E-state index contributed by atoms with van der Waals surface area (Å²) >= 11 is 0. The van der Waals surface area contributed by atoms with Gasteiger partial charge in [-0.3, -0.25) is 0 Å². The molecule has 0 radical (unpaired) electrons. The molecular weight excluding hydrogens is 458 g/mol. The van der Waals surface area contributed by atoms with Crippen LogP contribution in [-0.2, 0) is 25.6 Å². The van der Waals surface area contributed by atoms with Crippen molar-refractivity contribution in [2.45, 2.75) is 31.6 Å². The fourth-order valence-electron chi connectivity index (χ4n) is 4.25. The molecule has 0 fully saturated rings. The topological polar surface area (TPSA) is 40.7 Å². The molecule has 1 aromatic heterocycles. The van der Waals surface area contributed by atoms with Gasteiger partial charge in [-0.05, 0) is 58.9 Å². The van der Waals surface area contributed by atoms with Gasteiger partial charge in [-0.15, -0.1) is 24.8 Å². The molecular formula is C24H22Cl2F3N3. The first-order valence-corrected chi connectivity index (χ1v) is 9.91. The summed E-state index contributed by atoms with van der Waals surface area (Å²) in [6, 6.07) is 18.4. The molecule has 0 saturated carbocycles. The Morgan fingerprint density at radius 3 is 2.25 bits per heavy atom. The van der Waals surface area contributed by atoms with Gasteiger partial charge >= 0.3 is 6.18 Å². The molecule has 0 unspecified atom stereocenters. The zero-order chi connectivity index (χ0) is 20.7. The zero-order valence-electron chi connectivity index (χ0n) is 16.9. The summed E-state index contributed by atoms with van der Waals surface area (Å²) in [6.07, 6.45) is -1.14. The number of alkyl halides is 3. The Hall–Kier alpha value is -2.54. The Bertz CT molecular complexity index is 1200. The molecule has 168 valence electrons. The first-order chi connectivity index (χ1) is 14.5. The number of benzene rings is 3. The van der Waals surface area contributed by atoms with Crippen LogP contribution in [0.2, 0.25) is 0 Å². The van der Waals surface area contributed by atoms with E-state index < -0.39 is 11.7 Å². The van der Waals surface area contributed by atoms with E-state index in [0.717, 1.165) is 29.4 Å². The number of hydrogen-bond donors (Lipinski definition) is 2. The summed E-state index contributed by atoms with van der Waals surface area (Å²) in [7, 11) is 0. The van der Waals surface area contributed by atoms with E-state index in [1.54, 1.807) is 24.5 Å². The molecule has 2 N–H and O–H groups in total. The molecule has 5 rings (SSSR count). The van der Waals surface area contributed by atoms with Crippen molar-refractivity contribution >= 4 is 35.8 Å². The van der Waals surface area contributed by atoms with Gasteiger partial charge in [0.1, 0.15) is 0 Å². The third-order valence-corrected chi connectivity index (χ3v) is 5.80. The quantitative estimate of drug-likeness (QED) is 0.358. The highest BCUT2D eigenvalue weighted by Crippen LogP contribution is 2.36. The number of hydrogen-bond acceptors (Lipinski definition) is 2. The maximum Gasteiger partial charge on any atom is 0.416 e. The molecule has 0 amide bonds. The van der Waals surface area contributed by atoms with E-state index in [1.165, 1.54) is 17.2 Å². The number of rotatable bonds is 4. The Labute approximate surface area is 196 Å². The number of halogens is 5. The molecule has 32 heavy (non-hydrogen) atoms. The smallest absolute Gasteiger partial charge is 0.345 e. The monoisotopic (exact) mass is 479 g/mol. The third-order valence-electron chi connectivity index (χ3n) is 5.80. The van der Waals surface area contributed by atoms with Crippen molar-refractivity contribution in [2.24, 2.45) is 0 Å². The van der Waals surface area contributed by atoms with Gasteiger partial charge in [0, 0.05) is 12.6 Å². The Morgan fingerprint density at radius 2 is 1.56 bits per heavy atom. The molecule has 0 spiro atoms. The average molecular weight is 480 g/mol. The van der Waals surface area contributed by atoms with E-state index in [9.17, 15) is 13.2 Å². The first kappa shape index (κ1) is 24.1. The Balaban J connectivity index is 0.00000144. The highest BCUT2D eigenvalue weighted by Gasteiger charge is 2.34. The minimum absolute atomic E-state index is 0. The van der Waals surface area contributed by atoms with Crippen LogP contribution < -0.4 is 5.32 Å². The maximum absolute atomic E-state index is 13.8. The van der Waals surface area contributed by atoms with Gasteiger partial charge in [-0.25, -0.2) is 4.98 Å². The number of nitrogens with zero attached hydrogens (tertiary/aromatic N) is 1. The lowest BCUT2D eigenvalue weighted by Gasteiger charge is -2.18. The fourth-order valence-corrected chi connectivity index (χ4v) is 4.25. The largest absolute Gasteiger partial charge is 0.416 e. The standard InChI is InChI=1S/C24H20F3N3.2ClH/c25-24(26,27)21-11-17(18-7-8-22-23(12-18)30-14-29-22)5-6-19(21)13-28-20-9-15-3-1-2-4-16(15)10-20;;/h1-8,11-12,14,20,28H,9-10,13H2,(H,29,30);2*1H. The van der Waals surface area contributed by atoms with Gasteiger partial charge in [0.25, 0.3) is 0 Å². The first-order valence-electron chi connectivity index (χ1n) is 9.91.